The van der Waals surface area contributed by atoms with Crippen LogP contribution < -0.4 is 0 Å². The SMILES string of the molecule is O=C1CCC(N2C=CC=NC2)CC1. The highest BCUT2D eigenvalue weighted by atomic mass is 16.1. The van der Waals surface area contributed by atoms with E-state index in [1.807, 2.05) is 12.3 Å². The Morgan fingerprint density at radius 2 is 2.15 bits per heavy atom. The fourth-order valence-corrected chi connectivity index (χ4v) is 1.89. The summed E-state index contributed by atoms with van der Waals surface area (Å²) in [6.07, 6.45) is 9.35. The number of allylic oxidation sites excluding steroid dienone is 1. The van der Waals surface area contributed by atoms with Crippen molar-refractivity contribution in [3.63, 3.8) is 0 Å². The molecule has 0 atom stereocenters. The van der Waals surface area contributed by atoms with E-state index in [1.54, 1.807) is 0 Å². The summed E-state index contributed by atoms with van der Waals surface area (Å²) in [7, 11) is 0. The Balaban J connectivity index is 1.91. The largest absolute Gasteiger partial charge is 0.355 e. The van der Waals surface area contributed by atoms with Crippen LogP contribution in [0.3, 0.4) is 0 Å². The normalized spacial score (nSPS) is 24.0. The number of aliphatic imine (C=N–C) groups is 1. The molecule has 13 heavy (non-hydrogen) atoms. The van der Waals surface area contributed by atoms with Crippen molar-refractivity contribution in [3.8, 4) is 0 Å². The molecule has 0 aromatic heterocycles. The molecule has 70 valence electrons. The molecule has 2 rings (SSSR count). The summed E-state index contributed by atoms with van der Waals surface area (Å²) in [5, 5.41) is 0. The van der Waals surface area contributed by atoms with E-state index >= 15 is 0 Å². The van der Waals surface area contributed by atoms with Gasteiger partial charge < -0.3 is 4.90 Å². The zero-order valence-corrected chi connectivity index (χ0v) is 7.65. The molecule has 2 aliphatic rings. The number of nitrogens with zero attached hydrogens (tertiary/aromatic N) is 2. The maximum absolute atomic E-state index is 11.0. The predicted molar refractivity (Wildman–Crippen MR) is 51.6 cm³/mol. The standard InChI is InChI=1S/C10H14N2O/c13-10-4-2-9(3-5-10)12-7-1-6-11-8-12/h1,6-7,9H,2-5,8H2. The van der Waals surface area contributed by atoms with Crippen molar-refractivity contribution in [2.45, 2.75) is 31.7 Å². The molecule has 1 aliphatic carbocycles. The summed E-state index contributed by atoms with van der Waals surface area (Å²) in [4.78, 5) is 17.4. The summed E-state index contributed by atoms with van der Waals surface area (Å²) in [6.45, 7) is 0.759. The fraction of sp³-hybridized carbons (Fsp3) is 0.600. The zero-order chi connectivity index (χ0) is 9.10. The van der Waals surface area contributed by atoms with E-state index in [0.717, 1.165) is 32.4 Å². The first-order chi connectivity index (χ1) is 6.36. The van der Waals surface area contributed by atoms with Crippen molar-refractivity contribution in [3.05, 3.63) is 12.3 Å². The van der Waals surface area contributed by atoms with Gasteiger partial charge in [0.15, 0.2) is 0 Å². The average molecular weight is 178 g/mol. The predicted octanol–water partition coefficient (Wildman–Crippen LogP) is 1.36. The average Bonchev–Trinajstić information content (AvgIpc) is 2.20. The van der Waals surface area contributed by atoms with E-state index in [9.17, 15) is 4.79 Å². The molecule has 1 aliphatic heterocycles. The maximum Gasteiger partial charge on any atom is 0.133 e. The summed E-state index contributed by atoms with van der Waals surface area (Å²) >= 11 is 0. The lowest BCUT2D eigenvalue weighted by Gasteiger charge is -2.32. The molecule has 3 nitrogen and oxygen atoms in total. The quantitative estimate of drug-likeness (QED) is 0.607. The molecular weight excluding hydrogens is 164 g/mol. The number of Topliss-reactive ketones (excluding diaryl/α,β-unsaturated/α-hetero) is 1. The molecule has 0 amide bonds. The van der Waals surface area contributed by atoms with Crippen molar-refractivity contribution >= 4 is 12.0 Å². The van der Waals surface area contributed by atoms with Crippen LogP contribution in [0.4, 0.5) is 0 Å². The fourth-order valence-electron chi connectivity index (χ4n) is 1.89. The highest BCUT2D eigenvalue weighted by Gasteiger charge is 2.22. The maximum atomic E-state index is 11.0. The third kappa shape index (κ3) is 1.97. The molecule has 1 heterocycles. The molecule has 0 bridgehead atoms. The summed E-state index contributed by atoms with van der Waals surface area (Å²) in [6, 6.07) is 0.534. The van der Waals surface area contributed by atoms with Crippen LogP contribution in [-0.2, 0) is 4.79 Å². The van der Waals surface area contributed by atoms with E-state index in [1.165, 1.54) is 0 Å². The van der Waals surface area contributed by atoms with Gasteiger partial charge in [0.2, 0.25) is 0 Å². The molecule has 0 radical (unpaired) electrons. The second kappa shape index (κ2) is 3.73. The van der Waals surface area contributed by atoms with Gasteiger partial charge in [-0.3, -0.25) is 9.79 Å². The zero-order valence-electron chi connectivity index (χ0n) is 7.65. The summed E-state index contributed by atoms with van der Waals surface area (Å²) in [5.74, 6) is 0.417. The number of rotatable bonds is 1. The number of carbonyl (C=O) groups is 1. The lowest BCUT2D eigenvalue weighted by molar-refractivity contribution is -0.121. The summed E-state index contributed by atoms with van der Waals surface area (Å²) < 4.78 is 0. The Morgan fingerprint density at radius 1 is 1.38 bits per heavy atom. The van der Waals surface area contributed by atoms with Gasteiger partial charge in [0.1, 0.15) is 12.5 Å². The van der Waals surface area contributed by atoms with Crippen LogP contribution in [0.1, 0.15) is 25.7 Å². The monoisotopic (exact) mass is 178 g/mol. The minimum Gasteiger partial charge on any atom is -0.355 e. The van der Waals surface area contributed by atoms with E-state index in [4.69, 9.17) is 0 Å². The molecular formula is C10H14N2O. The Morgan fingerprint density at radius 3 is 2.77 bits per heavy atom. The van der Waals surface area contributed by atoms with Crippen LogP contribution in [0.2, 0.25) is 0 Å². The lowest BCUT2D eigenvalue weighted by Crippen LogP contribution is -2.35. The Labute approximate surface area is 78.1 Å². The lowest BCUT2D eigenvalue weighted by atomic mass is 9.93. The molecule has 1 fully saturated rings. The van der Waals surface area contributed by atoms with Gasteiger partial charge in [-0.15, -0.1) is 0 Å². The molecule has 3 heteroatoms. The number of hydrogen-bond donors (Lipinski definition) is 0. The van der Waals surface area contributed by atoms with Crippen molar-refractivity contribution in [1.82, 2.24) is 4.90 Å². The second-order valence-electron chi connectivity index (χ2n) is 3.60. The van der Waals surface area contributed by atoms with Crippen LogP contribution in [0.5, 0.6) is 0 Å². The van der Waals surface area contributed by atoms with Gasteiger partial charge in [0.05, 0.1) is 0 Å². The molecule has 1 saturated carbocycles. The third-order valence-corrected chi connectivity index (χ3v) is 2.70. The van der Waals surface area contributed by atoms with Crippen molar-refractivity contribution in [2.24, 2.45) is 4.99 Å². The molecule has 0 spiro atoms. The van der Waals surface area contributed by atoms with Crippen molar-refractivity contribution in [1.29, 1.82) is 0 Å². The van der Waals surface area contributed by atoms with E-state index < -0.39 is 0 Å². The van der Waals surface area contributed by atoms with Crippen molar-refractivity contribution in [2.75, 3.05) is 6.67 Å². The first-order valence-electron chi connectivity index (χ1n) is 4.80. The van der Waals surface area contributed by atoms with Gasteiger partial charge in [-0.05, 0) is 18.9 Å². The number of hydrogen-bond acceptors (Lipinski definition) is 3. The highest BCUT2D eigenvalue weighted by molar-refractivity contribution is 5.79. The Bertz CT molecular complexity index is 248. The Kier molecular flexibility index (Phi) is 2.43. The van der Waals surface area contributed by atoms with Crippen LogP contribution in [0, 0.1) is 0 Å². The third-order valence-electron chi connectivity index (χ3n) is 2.70. The molecule has 0 N–H and O–H groups in total. The van der Waals surface area contributed by atoms with Gasteiger partial charge in [-0.1, -0.05) is 0 Å². The van der Waals surface area contributed by atoms with Crippen LogP contribution in [0.25, 0.3) is 0 Å². The van der Waals surface area contributed by atoms with Gasteiger partial charge in [0.25, 0.3) is 0 Å². The smallest absolute Gasteiger partial charge is 0.133 e. The van der Waals surface area contributed by atoms with Crippen LogP contribution in [-0.4, -0.2) is 29.6 Å². The Hall–Kier alpha value is -1.12. The minimum atomic E-state index is 0.417. The molecule has 0 unspecified atom stereocenters. The van der Waals surface area contributed by atoms with Gasteiger partial charge >= 0.3 is 0 Å². The molecule has 0 aromatic rings. The van der Waals surface area contributed by atoms with E-state index in [0.29, 0.717) is 11.8 Å². The molecule has 0 saturated heterocycles. The topological polar surface area (TPSA) is 32.7 Å². The van der Waals surface area contributed by atoms with Crippen LogP contribution >= 0.6 is 0 Å². The van der Waals surface area contributed by atoms with E-state index in [2.05, 4.69) is 16.1 Å². The van der Waals surface area contributed by atoms with Gasteiger partial charge in [0, 0.05) is 31.3 Å². The van der Waals surface area contributed by atoms with Crippen molar-refractivity contribution < 1.29 is 4.79 Å². The van der Waals surface area contributed by atoms with Gasteiger partial charge in [-0.2, -0.15) is 0 Å². The second-order valence-corrected chi connectivity index (χ2v) is 3.60. The first-order valence-corrected chi connectivity index (χ1v) is 4.80. The number of carbonyl (C=O) groups excluding carboxylic acids is 1. The van der Waals surface area contributed by atoms with Gasteiger partial charge in [-0.25, -0.2) is 0 Å². The highest BCUT2D eigenvalue weighted by Crippen LogP contribution is 2.21. The van der Waals surface area contributed by atoms with E-state index in [-0.39, 0.29) is 0 Å². The molecule has 0 aromatic carbocycles. The van der Waals surface area contributed by atoms with Crippen LogP contribution in [0.15, 0.2) is 17.3 Å². The summed E-state index contributed by atoms with van der Waals surface area (Å²) in [5.41, 5.74) is 0. The number of ketones is 1. The first kappa shape index (κ1) is 8.48. The minimum absolute atomic E-state index is 0.417.